The van der Waals surface area contributed by atoms with Crippen LogP contribution < -0.4 is 14.9 Å². The van der Waals surface area contributed by atoms with E-state index in [2.05, 4.69) is 26.5 Å². The van der Waals surface area contributed by atoms with Crippen molar-refractivity contribution >= 4 is 28.1 Å². The third kappa shape index (κ3) is 6.40. The smallest absolute Gasteiger partial charge is 0.274 e. The molecule has 0 aliphatic carbocycles. The zero-order valence-electron chi connectivity index (χ0n) is 18.1. The number of rotatable bonds is 8. The minimum absolute atomic E-state index is 0.130. The van der Waals surface area contributed by atoms with Crippen LogP contribution in [0.5, 0.6) is 11.5 Å². The molecular weight excluding hydrogens is 489 g/mol. The van der Waals surface area contributed by atoms with Gasteiger partial charge in [-0.25, -0.2) is 9.82 Å². The molecule has 0 aliphatic rings. The van der Waals surface area contributed by atoms with E-state index in [-0.39, 0.29) is 11.1 Å². The van der Waals surface area contributed by atoms with Gasteiger partial charge in [-0.2, -0.15) is 10.4 Å². The molecular formula is C25H21BrFN3O3. The van der Waals surface area contributed by atoms with Crippen molar-refractivity contribution in [1.29, 1.82) is 5.26 Å². The summed E-state index contributed by atoms with van der Waals surface area (Å²) in [4.78, 5) is 12.2. The Hall–Kier alpha value is -3.70. The lowest BCUT2D eigenvalue weighted by atomic mass is 10.1. The molecule has 6 nitrogen and oxygen atoms in total. The molecule has 3 aromatic carbocycles. The average molecular weight is 510 g/mol. The van der Waals surface area contributed by atoms with Crippen molar-refractivity contribution in [2.45, 2.75) is 20.5 Å². The van der Waals surface area contributed by atoms with Crippen molar-refractivity contribution in [3.63, 3.8) is 0 Å². The maximum atomic E-state index is 14.0. The highest BCUT2D eigenvalue weighted by molar-refractivity contribution is 9.10. The van der Waals surface area contributed by atoms with Gasteiger partial charge in [0.15, 0.2) is 11.5 Å². The predicted molar refractivity (Wildman–Crippen MR) is 127 cm³/mol. The van der Waals surface area contributed by atoms with Crippen molar-refractivity contribution in [1.82, 2.24) is 5.43 Å². The lowest BCUT2D eigenvalue weighted by Crippen LogP contribution is -2.19. The third-order valence-corrected chi connectivity index (χ3v) is 5.15. The number of halogens is 2. The Morgan fingerprint density at radius 1 is 1.18 bits per heavy atom. The molecule has 1 N–H and O–H groups in total. The maximum Gasteiger partial charge on any atom is 0.274 e. The molecule has 33 heavy (non-hydrogen) atoms. The van der Waals surface area contributed by atoms with E-state index in [0.717, 1.165) is 11.6 Å². The maximum absolute atomic E-state index is 14.0. The van der Waals surface area contributed by atoms with E-state index < -0.39 is 11.7 Å². The van der Waals surface area contributed by atoms with Crippen molar-refractivity contribution in [3.8, 4) is 17.6 Å². The molecule has 0 bridgehead atoms. The highest BCUT2D eigenvalue weighted by atomic mass is 79.9. The molecule has 0 aliphatic heterocycles. The first-order valence-electron chi connectivity index (χ1n) is 10.1. The molecule has 168 valence electrons. The number of nitrogens with zero attached hydrogens (tertiary/aromatic N) is 2. The SMILES string of the molecule is CCOc1cc(/C=N\NC(=O)c2ccc(C#N)cc2F)cc(Br)c1OCc1ccc(C)cc1. The van der Waals surface area contributed by atoms with Crippen molar-refractivity contribution in [2.75, 3.05) is 6.61 Å². The van der Waals surface area contributed by atoms with Crippen LogP contribution in [0, 0.1) is 24.1 Å². The van der Waals surface area contributed by atoms with Crippen LogP contribution in [0.15, 0.2) is 64.2 Å². The standard InChI is InChI=1S/C25H21BrFN3O3/c1-3-32-23-12-19(10-21(26)24(23)33-15-17-6-4-16(2)5-7-17)14-29-30-25(31)20-9-8-18(13-28)11-22(20)27/h4-12,14H,3,15H2,1-2H3,(H,30,31)/b29-14-. The molecule has 0 heterocycles. The van der Waals surface area contributed by atoms with E-state index in [1.54, 1.807) is 12.1 Å². The third-order valence-electron chi connectivity index (χ3n) is 4.56. The molecule has 3 aromatic rings. The van der Waals surface area contributed by atoms with Gasteiger partial charge in [-0.05, 0) is 71.2 Å². The second-order valence-electron chi connectivity index (χ2n) is 7.04. The van der Waals surface area contributed by atoms with Crippen molar-refractivity contribution < 1.29 is 18.7 Å². The summed E-state index contributed by atoms with van der Waals surface area (Å²) in [5.41, 5.74) is 5.04. The van der Waals surface area contributed by atoms with E-state index in [1.165, 1.54) is 23.9 Å². The number of hydrogen-bond acceptors (Lipinski definition) is 5. The van der Waals surface area contributed by atoms with Gasteiger partial charge in [-0.15, -0.1) is 0 Å². The Morgan fingerprint density at radius 2 is 1.94 bits per heavy atom. The van der Waals surface area contributed by atoms with Crippen LogP contribution in [0.25, 0.3) is 0 Å². The Kier molecular flexibility index (Phi) is 8.17. The molecule has 0 fully saturated rings. The summed E-state index contributed by atoms with van der Waals surface area (Å²) in [5.74, 6) is -0.447. The van der Waals surface area contributed by atoms with E-state index in [4.69, 9.17) is 14.7 Å². The van der Waals surface area contributed by atoms with Crippen LogP contribution in [-0.4, -0.2) is 18.7 Å². The molecule has 0 saturated carbocycles. The molecule has 0 atom stereocenters. The van der Waals surface area contributed by atoms with Gasteiger partial charge in [0.1, 0.15) is 12.4 Å². The molecule has 0 unspecified atom stereocenters. The van der Waals surface area contributed by atoms with Gasteiger partial charge in [0, 0.05) is 0 Å². The average Bonchev–Trinajstić information content (AvgIpc) is 2.79. The summed E-state index contributed by atoms with van der Waals surface area (Å²) < 4.78 is 26.3. The zero-order chi connectivity index (χ0) is 23.8. The summed E-state index contributed by atoms with van der Waals surface area (Å²) in [6.07, 6.45) is 1.41. The summed E-state index contributed by atoms with van der Waals surface area (Å²) >= 11 is 3.50. The van der Waals surface area contributed by atoms with Gasteiger partial charge in [-0.3, -0.25) is 4.79 Å². The van der Waals surface area contributed by atoms with E-state index >= 15 is 0 Å². The lowest BCUT2D eigenvalue weighted by molar-refractivity contribution is 0.0951. The number of aryl methyl sites for hydroxylation is 1. The Labute approximate surface area is 199 Å². The number of carbonyl (C=O) groups is 1. The van der Waals surface area contributed by atoms with Crippen LogP contribution in [-0.2, 0) is 6.61 Å². The molecule has 0 radical (unpaired) electrons. The van der Waals surface area contributed by atoms with Gasteiger partial charge < -0.3 is 9.47 Å². The minimum atomic E-state index is -0.793. The van der Waals surface area contributed by atoms with Gasteiger partial charge in [0.25, 0.3) is 5.91 Å². The number of nitriles is 1. The Morgan fingerprint density at radius 3 is 2.61 bits per heavy atom. The van der Waals surface area contributed by atoms with Gasteiger partial charge in [0.2, 0.25) is 0 Å². The van der Waals surface area contributed by atoms with Crippen LogP contribution in [0.3, 0.4) is 0 Å². The van der Waals surface area contributed by atoms with Crippen LogP contribution >= 0.6 is 15.9 Å². The first-order chi connectivity index (χ1) is 15.9. The number of hydrogen-bond donors (Lipinski definition) is 1. The molecule has 8 heteroatoms. The monoisotopic (exact) mass is 509 g/mol. The number of hydrazone groups is 1. The zero-order valence-corrected chi connectivity index (χ0v) is 19.6. The number of nitrogens with one attached hydrogen (secondary N) is 1. The first-order valence-corrected chi connectivity index (χ1v) is 10.9. The minimum Gasteiger partial charge on any atom is -0.490 e. The normalized spacial score (nSPS) is 10.6. The summed E-state index contributed by atoms with van der Waals surface area (Å²) in [6.45, 7) is 4.70. The lowest BCUT2D eigenvalue weighted by Gasteiger charge is -2.15. The van der Waals surface area contributed by atoms with Crippen LogP contribution in [0.4, 0.5) is 4.39 Å². The van der Waals surface area contributed by atoms with E-state index in [1.807, 2.05) is 44.2 Å². The van der Waals surface area contributed by atoms with E-state index in [0.29, 0.717) is 34.7 Å². The summed E-state index contributed by atoms with van der Waals surface area (Å²) in [5, 5.41) is 12.7. The number of ether oxygens (including phenoxy) is 2. The molecule has 0 saturated heterocycles. The Balaban J connectivity index is 1.72. The fraction of sp³-hybridized carbons (Fsp3) is 0.160. The second-order valence-corrected chi connectivity index (χ2v) is 7.90. The quantitative estimate of drug-likeness (QED) is 0.320. The fourth-order valence-electron chi connectivity index (χ4n) is 2.90. The van der Waals surface area contributed by atoms with E-state index in [9.17, 15) is 9.18 Å². The number of carbonyl (C=O) groups excluding carboxylic acids is 1. The number of benzene rings is 3. The predicted octanol–water partition coefficient (Wildman–Crippen LogP) is 5.51. The molecule has 3 rings (SSSR count). The van der Waals surface area contributed by atoms with Gasteiger partial charge in [-0.1, -0.05) is 29.8 Å². The first kappa shape index (κ1) is 24.0. The van der Waals surface area contributed by atoms with Crippen molar-refractivity contribution in [2.24, 2.45) is 5.10 Å². The summed E-state index contributed by atoms with van der Waals surface area (Å²) in [7, 11) is 0. The van der Waals surface area contributed by atoms with Crippen LogP contribution in [0.1, 0.15) is 39.5 Å². The number of amides is 1. The highest BCUT2D eigenvalue weighted by Gasteiger charge is 2.14. The van der Waals surface area contributed by atoms with Gasteiger partial charge in [0.05, 0.1) is 34.5 Å². The highest BCUT2D eigenvalue weighted by Crippen LogP contribution is 2.37. The largest absolute Gasteiger partial charge is 0.490 e. The molecule has 0 aromatic heterocycles. The Bertz CT molecular complexity index is 1220. The molecule has 0 spiro atoms. The summed E-state index contributed by atoms with van der Waals surface area (Å²) in [6, 6.07) is 17.0. The second kappa shape index (κ2) is 11.2. The topological polar surface area (TPSA) is 83.7 Å². The van der Waals surface area contributed by atoms with Crippen LogP contribution in [0.2, 0.25) is 0 Å². The fourth-order valence-corrected chi connectivity index (χ4v) is 3.47. The van der Waals surface area contributed by atoms with Crippen molar-refractivity contribution in [3.05, 3.63) is 92.7 Å². The van der Waals surface area contributed by atoms with Gasteiger partial charge >= 0.3 is 0 Å². The molecule has 1 amide bonds.